The van der Waals surface area contributed by atoms with Gasteiger partial charge in [-0.25, -0.2) is 0 Å². The SMILES string of the molecule is C[C@H](Sc1nnc(-c2ccncc2)n1C1CC1)C(=O)Nc1sc2c(c1C#N)CCCCC2. The first-order valence-electron chi connectivity index (χ1n) is 11.0. The van der Waals surface area contributed by atoms with E-state index in [1.54, 1.807) is 23.7 Å². The third kappa shape index (κ3) is 4.17. The second-order valence-corrected chi connectivity index (χ2v) is 10.7. The number of hydrogen-bond acceptors (Lipinski definition) is 7. The maximum absolute atomic E-state index is 13.0. The lowest BCUT2D eigenvalue weighted by Gasteiger charge is -2.13. The van der Waals surface area contributed by atoms with Crippen molar-refractivity contribution in [3.63, 3.8) is 0 Å². The van der Waals surface area contributed by atoms with E-state index in [-0.39, 0.29) is 11.2 Å². The molecule has 0 radical (unpaired) electrons. The van der Waals surface area contributed by atoms with E-state index in [0.29, 0.717) is 16.6 Å². The molecule has 1 saturated carbocycles. The summed E-state index contributed by atoms with van der Waals surface area (Å²) < 4.78 is 2.15. The molecular formula is C23H24N6OS2. The third-order valence-electron chi connectivity index (χ3n) is 5.94. The molecule has 0 bridgehead atoms. The summed E-state index contributed by atoms with van der Waals surface area (Å²) in [5, 5.41) is 22.7. The topological polar surface area (TPSA) is 96.5 Å². The average molecular weight is 465 g/mol. The largest absolute Gasteiger partial charge is 0.316 e. The minimum atomic E-state index is -0.365. The van der Waals surface area contributed by atoms with Gasteiger partial charge < -0.3 is 5.32 Å². The molecule has 0 aromatic carbocycles. The van der Waals surface area contributed by atoms with Crippen LogP contribution in [0.2, 0.25) is 0 Å². The molecule has 3 aromatic rings. The molecule has 1 N–H and O–H groups in total. The Morgan fingerprint density at radius 2 is 2.03 bits per heavy atom. The summed E-state index contributed by atoms with van der Waals surface area (Å²) in [4.78, 5) is 18.4. The molecule has 1 atom stereocenters. The Morgan fingerprint density at radius 1 is 1.25 bits per heavy atom. The van der Waals surface area contributed by atoms with Gasteiger partial charge in [0.1, 0.15) is 11.1 Å². The maximum atomic E-state index is 13.0. The smallest absolute Gasteiger partial charge is 0.238 e. The molecule has 3 heterocycles. The molecule has 2 aliphatic rings. The van der Waals surface area contributed by atoms with Crippen molar-refractivity contribution < 1.29 is 4.79 Å². The monoisotopic (exact) mass is 464 g/mol. The Hall–Kier alpha value is -2.70. The summed E-state index contributed by atoms with van der Waals surface area (Å²) in [6, 6.07) is 6.57. The van der Waals surface area contributed by atoms with Crippen molar-refractivity contribution in [1.29, 1.82) is 5.26 Å². The highest BCUT2D eigenvalue weighted by Gasteiger charge is 2.32. The predicted octanol–water partition coefficient (Wildman–Crippen LogP) is 5.00. The number of amides is 1. The highest BCUT2D eigenvalue weighted by Crippen LogP contribution is 2.42. The zero-order valence-electron chi connectivity index (χ0n) is 17.9. The van der Waals surface area contributed by atoms with Gasteiger partial charge in [-0.2, -0.15) is 5.26 Å². The van der Waals surface area contributed by atoms with Gasteiger partial charge in [0.25, 0.3) is 0 Å². The average Bonchev–Trinajstić information content (AvgIpc) is 3.54. The number of anilines is 1. The van der Waals surface area contributed by atoms with Crippen LogP contribution in [0, 0.1) is 11.3 Å². The second kappa shape index (κ2) is 9.04. The molecule has 0 aliphatic heterocycles. The molecule has 3 aromatic heterocycles. The molecular weight excluding hydrogens is 440 g/mol. The first kappa shape index (κ1) is 21.2. The van der Waals surface area contributed by atoms with Crippen LogP contribution in [0.25, 0.3) is 11.4 Å². The van der Waals surface area contributed by atoms with Gasteiger partial charge in [0.05, 0.1) is 10.8 Å². The fourth-order valence-electron chi connectivity index (χ4n) is 4.09. The fourth-order valence-corrected chi connectivity index (χ4v) is 6.25. The summed E-state index contributed by atoms with van der Waals surface area (Å²) >= 11 is 2.98. The number of carbonyl (C=O) groups excluding carboxylic acids is 1. The second-order valence-electron chi connectivity index (χ2n) is 8.27. The molecule has 7 nitrogen and oxygen atoms in total. The number of pyridine rings is 1. The zero-order chi connectivity index (χ0) is 22.1. The van der Waals surface area contributed by atoms with E-state index < -0.39 is 0 Å². The molecule has 0 unspecified atom stereocenters. The number of carbonyl (C=O) groups is 1. The van der Waals surface area contributed by atoms with Gasteiger partial charge in [0.15, 0.2) is 11.0 Å². The van der Waals surface area contributed by atoms with Gasteiger partial charge in [-0.3, -0.25) is 14.3 Å². The Kier molecular flexibility index (Phi) is 5.98. The summed E-state index contributed by atoms with van der Waals surface area (Å²) in [6.45, 7) is 1.88. The molecule has 164 valence electrons. The first-order chi connectivity index (χ1) is 15.7. The molecule has 2 aliphatic carbocycles. The number of nitrogens with zero attached hydrogens (tertiary/aromatic N) is 5. The normalized spacial score (nSPS) is 16.6. The van der Waals surface area contributed by atoms with E-state index in [2.05, 4.69) is 31.1 Å². The van der Waals surface area contributed by atoms with E-state index >= 15 is 0 Å². The van der Waals surface area contributed by atoms with Crippen molar-refractivity contribution in [3.05, 3.63) is 40.5 Å². The number of aryl methyl sites for hydroxylation is 1. The summed E-state index contributed by atoms with van der Waals surface area (Å²) in [6.07, 6.45) is 11.1. The Morgan fingerprint density at radius 3 is 2.78 bits per heavy atom. The molecule has 9 heteroatoms. The van der Waals surface area contributed by atoms with E-state index in [0.717, 1.165) is 60.6 Å². The number of thiophene rings is 1. The van der Waals surface area contributed by atoms with Gasteiger partial charge in [0, 0.05) is 28.9 Å². The van der Waals surface area contributed by atoms with Gasteiger partial charge in [-0.05, 0) is 63.1 Å². The third-order valence-corrected chi connectivity index (χ3v) is 8.20. The van der Waals surface area contributed by atoms with Crippen molar-refractivity contribution in [2.24, 2.45) is 0 Å². The Balaban J connectivity index is 1.34. The van der Waals surface area contributed by atoms with Gasteiger partial charge >= 0.3 is 0 Å². The number of hydrogen-bond donors (Lipinski definition) is 1. The summed E-state index contributed by atoms with van der Waals surface area (Å²) in [5.41, 5.74) is 2.77. The van der Waals surface area contributed by atoms with E-state index in [4.69, 9.17) is 0 Å². The predicted molar refractivity (Wildman–Crippen MR) is 126 cm³/mol. The van der Waals surface area contributed by atoms with Crippen molar-refractivity contribution in [2.75, 3.05) is 5.32 Å². The van der Waals surface area contributed by atoms with Gasteiger partial charge in [-0.15, -0.1) is 21.5 Å². The minimum Gasteiger partial charge on any atom is -0.316 e. The first-order valence-corrected chi connectivity index (χ1v) is 12.7. The van der Waals surface area contributed by atoms with Crippen LogP contribution in [0.15, 0.2) is 29.7 Å². The number of rotatable bonds is 6. The van der Waals surface area contributed by atoms with E-state index in [1.807, 2.05) is 19.1 Å². The molecule has 0 spiro atoms. The van der Waals surface area contributed by atoms with Crippen LogP contribution in [0.1, 0.15) is 61.1 Å². The van der Waals surface area contributed by atoms with Crippen LogP contribution >= 0.6 is 23.1 Å². The Labute approximate surface area is 195 Å². The molecule has 0 saturated heterocycles. The van der Waals surface area contributed by atoms with Crippen LogP contribution in [-0.4, -0.2) is 30.9 Å². The van der Waals surface area contributed by atoms with Crippen molar-refractivity contribution in [1.82, 2.24) is 19.7 Å². The van der Waals surface area contributed by atoms with Crippen LogP contribution < -0.4 is 5.32 Å². The number of nitriles is 1. The fraction of sp³-hybridized carbons (Fsp3) is 0.435. The lowest BCUT2D eigenvalue weighted by Crippen LogP contribution is -2.23. The zero-order valence-corrected chi connectivity index (χ0v) is 19.5. The molecule has 5 rings (SSSR count). The van der Waals surface area contributed by atoms with E-state index in [1.165, 1.54) is 23.1 Å². The summed E-state index contributed by atoms with van der Waals surface area (Å²) in [5.74, 6) is 0.706. The summed E-state index contributed by atoms with van der Waals surface area (Å²) in [7, 11) is 0. The lowest BCUT2D eigenvalue weighted by molar-refractivity contribution is -0.115. The lowest BCUT2D eigenvalue weighted by atomic mass is 10.1. The standard InChI is InChI=1S/C23H24N6OS2/c1-14(21(30)26-22-18(13-24)17-5-3-2-4-6-19(17)32-22)31-23-28-27-20(29(23)16-7-8-16)15-9-11-25-12-10-15/h9-12,14,16H,2-8H2,1H3,(H,26,30)/t14-/m0/s1. The number of aromatic nitrogens is 4. The highest BCUT2D eigenvalue weighted by atomic mass is 32.2. The van der Waals surface area contributed by atoms with E-state index in [9.17, 15) is 10.1 Å². The van der Waals surface area contributed by atoms with Crippen LogP contribution in [-0.2, 0) is 17.6 Å². The number of thioether (sulfide) groups is 1. The molecule has 1 amide bonds. The molecule has 32 heavy (non-hydrogen) atoms. The van der Waals surface area contributed by atoms with Crippen LogP contribution in [0.5, 0.6) is 0 Å². The number of fused-ring (bicyclic) bond motifs is 1. The van der Waals surface area contributed by atoms with Gasteiger partial charge in [-0.1, -0.05) is 18.2 Å². The minimum absolute atomic E-state index is 0.112. The van der Waals surface area contributed by atoms with Crippen molar-refractivity contribution in [3.8, 4) is 17.5 Å². The van der Waals surface area contributed by atoms with Crippen LogP contribution in [0.4, 0.5) is 5.00 Å². The van der Waals surface area contributed by atoms with Crippen LogP contribution in [0.3, 0.4) is 0 Å². The van der Waals surface area contributed by atoms with Gasteiger partial charge in [0.2, 0.25) is 5.91 Å². The highest BCUT2D eigenvalue weighted by molar-refractivity contribution is 8.00. The maximum Gasteiger partial charge on any atom is 0.238 e. The quantitative estimate of drug-likeness (QED) is 0.407. The number of nitrogens with one attached hydrogen (secondary N) is 1. The Bertz CT molecular complexity index is 1180. The van der Waals surface area contributed by atoms with Crippen molar-refractivity contribution >= 4 is 34.0 Å². The molecule has 1 fully saturated rings. The van der Waals surface area contributed by atoms with Crippen molar-refractivity contribution in [2.45, 2.75) is 68.3 Å².